The highest BCUT2D eigenvalue weighted by Gasteiger charge is 2.23. The third kappa shape index (κ3) is 6.18. The van der Waals surface area contributed by atoms with Gasteiger partial charge in [-0.2, -0.15) is 9.78 Å². The number of rotatable bonds is 11. The Labute approximate surface area is 250 Å². The fourth-order valence-corrected chi connectivity index (χ4v) is 5.09. The van der Waals surface area contributed by atoms with Gasteiger partial charge in [-0.1, -0.05) is 71.7 Å². The minimum Gasteiger partial charge on any atom is -0.490 e. The average molecular weight is 630 g/mol. The minimum absolute atomic E-state index is 0.0324. The molecule has 0 saturated heterocycles. The molecule has 4 aromatic carbocycles. The molecule has 214 valence electrons. The van der Waals surface area contributed by atoms with Gasteiger partial charge in [0.05, 0.1) is 28.6 Å². The highest BCUT2D eigenvalue weighted by Crippen LogP contribution is 2.39. The van der Waals surface area contributed by atoms with Crippen LogP contribution in [-0.2, 0) is 13.0 Å². The maximum atomic E-state index is 13.4. The van der Waals surface area contributed by atoms with E-state index in [0.29, 0.717) is 28.7 Å². The molecule has 5 rings (SSSR count). The summed E-state index contributed by atoms with van der Waals surface area (Å²) in [6, 6.07) is 22.1. The van der Waals surface area contributed by atoms with Crippen LogP contribution in [0.3, 0.4) is 0 Å². The fraction of sp³-hybridized carbons (Fsp3) is 0.219. The van der Waals surface area contributed by atoms with Gasteiger partial charge in [-0.25, -0.2) is 4.98 Å². The number of aromatic nitrogens is 2. The van der Waals surface area contributed by atoms with Gasteiger partial charge in [-0.3, -0.25) is 14.9 Å². The van der Waals surface area contributed by atoms with Crippen LogP contribution in [0.15, 0.2) is 87.2 Å². The minimum atomic E-state index is -0.508. The zero-order chi connectivity index (χ0) is 29.6. The maximum absolute atomic E-state index is 13.4. The number of hydrogen-bond acceptors (Lipinski definition) is 7. The summed E-state index contributed by atoms with van der Waals surface area (Å²) in [4.78, 5) is 29.8. The molecular weight excluding hydrogens is 600 g/mol. The standard InChI is InChI=1S/C32H29BrN4O5/c1-3-5-13-30-35-27-15-14-24(33)18-26(27)32(38)36(30)34-19-21-16-28(37(39)40)31(29(17-21)41-4-2)42-20-23-11-8-10-22-9-6-7-12-25(22)23/h6-12,14-19H,3-5,13,20H2,1-2H3. The molecule has 0 bridgehead atoms. The number of aryl methyl sites for hydroxylation is 1. The Bertz CT molecular complexity index is 1860. The van der Waals surface area contributed by atoms with E-state index in [1.54, 1.807) is 25.1 Å². The second kappa shape index (κ2) is 12.9. The first-order valence-corrected chi connectivity index (χ1v) is 14.5. The van der Waals surface area contributed by atoms with Gasteiger partial charge in [0.15, 0.2) is 5.75 Å². The van der Waals surface area contributed by atoms with Crippen LogP contribution in [0.25, 0.3) is 21.7 Å². The van der Waals surface area contributed by atoms with Crippen molar-refractivity contribution in [1.29, 1.82) is 0 Å². The highest BCUT2D eigenvalue weighted by atomic mass is 79.9. The lowest BCUT2D eigenvalue weighted by atomic mass is 10.1. The van der Waals surface area contributed by atoms with Gasteiger partial charge >= 0.3 is 5.69 Å². The van der Waals surface area contributed by atoms with Gasteiger partial charge in [-0.05, 0) is 53.9 Å². The summed E-state index contributed by atoms with van der Waals surface area (Å²) in [5, 5.41) is 19.1. The predicted molar refractivity (Wildman–Crippen MR) is 168 cm³/mol. The zero-order valence-electron chi connectivity index (χ0n) is 23.2. The van der Waals surface area contributed by atoms with Gasteiger partial charge in [-0.15, -0.1) is 0 Å². The van der Waals surface area contributed by atoms with Crippen molar-refractivity contribution in [1.82, 2.24) is 9.66 Å². The smallest absolute Gasteiger partial charge is 0.315 e. The average Bonchev–Trinajstić information content (AvgIpc) is 2.99. The Kier molecular flexibility index (Phi) is 8.92. The third-order valence-corrected chi connectivity index (χ3v) is 7.25. The van der Waals surface area contributed by atoms with Crippen molar-refractivity contribution in [2.24, 2.45) is 5.10 Å². The first kappa shape index (κ1) is 28.9. The molecular formula is C32H29BrN4O5. The normalized spacial score (nSPS) is 11.4. The summed E-state index contributed by atoms with van der Waals surface area (Å²) in [6.07, 6.45) is 3.71. The summed E-state index contributed by atoms with van der Waals surface area (Å²) < 4.78 is 13.9. The Morgan fingerprint density at radius 1 is 1.02 bits per heavy atom. The summed E-state index contributed by atoms with van der Waals surface area (Å²) in [7, 11) is 0. The lowest BCUT2D eigenvalue weighted by Crippen LogP contribution is -2.22. The second-order valence-corrected chi connectivity index (χ2v) is 10.6. The van der Waals surface area contributed by atoms with Crippen LogP contribution in [0.4, 0.5) is 5.69 Å². The van der Waals surface area contributed by atoms with Crippen LogP contribution >= 0.6 is 15.9 Å². The molecule has 0 spiro atoms. The molecule has 5 aromatic rings. The molecule has 0 radical (unpaired) electrons. The van der Waals surface area contributed by atoms with Crippen molar-refractivity contribution in [2.45, 2.75) is 39.7 Å². The predicted octanol–water partition coefficient (Wildman–Crippen LogP) is 7.42. The van der Waals surface area contributed by atoms with Crippen molar-refractivity contribution < 1.29 is 14.4 Å². The molecule has 0 N–H and O–H groups in total. The molecule has 0 amide bonds. The Hall–Kier alpha value is -4.57. The number of hydrogen-bond donors (Lipinski definition) is 0. The molecule has 42 heavy (non-hydrogen) atoms. The lowest BCUT2D eigenvalue weighted by Gasteiger charge is -2.14. The number of benzene rings is 4. The van der Waals surface area contributed by atoms with Gasteiger partial charge in [0, 0.05) is 22.5 Å². The zero-order valence-corrected chi connectivity index (χ0v) is 24.8. The van der Waals surface area contributed by atoms with E-state index in [1.165, 1.54) is 17.0 Å². The van der Waals surface area contributed by atoms with E-state index in [4.69, 9.17) is 9.47 Å². The van der Waals surface area contributed by atoms with Crippen LogP contribution in [0, 0.1) is 10.1 Å². The van der Waals surface area contributed by atoms with E-state index >= 15 is 0 Å². The van der Waals surface area contributed by atoms with E-state index in [0.717, 1.165) is 33.7 Å². The van der Waals surface area contributed by atoms with Crippen LogP contribution < -0.4 is 15.0 Å². The lowest BCUT2D eigenvalue weighted by molar-refractivity contribution is -0.386. The molecule has 0 atom stereocenters. The number of unbranched alkanes of at least 4 members (excludes halogenated alkanes) is 1. The van der Waals surface area contributed by atoms with E-state index in [-0.39, 0.29) is 36.0 Å². The van der Waals surface area contributed by atoms with E-state index < -0.39 is 4.92 Å². The Morgan fingerprint density at radius 2 is 1.83 bits per heavy atom. The molecule has 0 aliphatic carbocycles. The van der Waals surface area contributed by atoms with E-state index in [1.807, 2.05) is 48.5 Å². The third-order valence-electron chi connectivity index (χ3n) is 6.76. The summed E-state index contributed by atoms with van der Waals surface area (Å²) in [5.74, 6) is 0.764. The summed E-state index contributed by atoms with van der Waals surface area (Å²) in [5.41, 5.74) is 1.28. The highest BCUT2D eigenvalue weighted by molar-refractivity contribution is 9.10. The summed E-state index contributed by atoms with van der Waals surface area (Å²) >= 11 is 3.41. The SMILES string of the molecule is CCCCc1nc2ccc(Br)cc2c(=O)n1N=Cc1cc(OCC)c(OCc2cccc3ccccc23)c([N+](=O)[O-])c1. The number of nitro groups is 1. The van der Waals surface area contributed by atoms with Crippen LogP contribution in [0.5, 0.6) is 11.5 Å². The molecule has 10 heteroatoms. The van der Waals surface area contributed by atoms with Crippen molar-refractivity contribution >= 4 is 49.5 Å². The first-order valence-electron chi connectivity index (χ1n) is 13.7. The first-order chi connectivity index (χ1) is 20.4. The molecule has 1 heterocycles. The van der Waals surface area contributed by atoms with E-state index in [9.17, 15) is 14.9 Å². The van der Waals surface area contributed by atoms with Gasteiger partial charge < -0.3 is 9.47 Å². The topological polar surface area (TPSA) is 109 Å². The number of halogens is 1. The van der Waals surface area contributed by atoms with Crippen LogP contribution in [0.1, 0.15) is 43.6 Å². The van der Waals surface area contributed by atoms with Crippen molar-refractivity contribution in [2.75, 3.05) is 6.61 Å². The number of fused-ring (bicyclic) bond motifs is 2. The molecule has 1 aromatic heterocycles. The maximum Gasteiger partial charge on any atom is 0.315 e. The van der Waals surface area contributed by atoms with Crippen molar-refractivity contribution in [3.05, 3.63) is 115 Å². The molecule has 0 aliphatic heterocycles. The van der Waals surface area contributed by atoms with Crippen molar-refractivity contribution in [3.63, 3.8) is 0 Å². The second-order valence-electron chi connectivity index (χ2n) is 9.64. The monoisotopic (exact) mass is 628 g/mol. The summed E-state index contributed by atoms with van der Waals surface area (Å²) in [6.45, 7) is 4.23. The number of nitrogens with zero attached hydrogens (tertiary/aromatic N) is 4. The molecule has 0 aliphatic rings. The quantitative estimate of drug-likeness (QED) is 0.0855. The van der Waals surface area contributed by atoms with E-state index in [2.05, 4.69) is 32.9 Å². The Balaban J connectivity index is 1.54. The van der Waals surface area contributed by atoms with Gasteiger partial charge in [0.2, 0.25) is 5.75 Å². The van der Waals surface area contributed by atoms with Crippen LogP contribution in [0.2, 0.25) is 0 Å². The van der Waals surface area contributed by atoms with Gasteiger partial charge in [0.25, 0.3) is 5.56 Å². The molecule has 9 nitrogen and oxygen atoms in total. The Morgan fingerprint density at radius 3 is 2.62 bits per heavy atom. The fourth-order valence-electron chi connectivity index (χ4n) is 4.73. The molecule has 0 fully saturated rings. The van der Waals surface area contributed by atoms with Gasteiger partial charge in [0.1, 0.15) is 12.4 Å². The number of ether oxygens (including phenoxy) is 2. The number of nitro benzene ring substituents is 1. The van der Waals surface area contributed by atoms with Crippen LogP contribution in [-0.4, -0.2) is 27.4 Å². The van der Waals surface area contributed by atoms with Crippen molar-refractivity contribution in [3.8, 4) is 11.5 Å². The molecule has 0 saturated carbocycles. The largest absolute Gasteiger partial charge is 0.490 e. The molecule has 0 unspecified atom stereocenters.